The maximum Gasteiger partial charge on any atom is 0.182 e. The SMILES string of the molecule is CC(=O)c1cc(Cl)cc2ncoc12. The first-order chi connectivity index (χ1) is 6.18. The van der Waals surface area contributed by atoms with Crippen molar-refractivity contribution >= 4 is 28.5 Å². The van der Waals surface area contributed by atoms with E-state index in [9.17, 15) is 4.79 Å². The second-order valence-corrected chi connectivity index (χ2v) is 3.15. The van der Waals surface area contributed by atoms with Crippen LogP contribution in [0.5, 0.6) is 0 Å². The number of halogens is 1. The summed E-state index contributed by atoms with van der Waals surface area (Å²) in [6, 6.07) is 3.24. The first-order valence-electron chi connectivity index (χ1n) is 3.72. The van der Waals surface area contributed by atoms with Crippen molar-refractivity contribution in [1.29, 1.82) is 0 Å². The van der Waals surface area contributed by atoms with Crippen LogP contribution in [0.25, 0.3) is 11.1 Å². The maximum absolute atomic E-state index is 11.2. The Kier molecular flexibility index (Phi) is 1.81. The van der Waals surface area contributed by atoms with Crippen molar-refractivity contribution in [2.75, 3.05) is 0 Å². The molecule has 1 aromatic carbocycles. The molecule has 2 rings (SSSR count). The summed E-state index contributed by atoms with van der Waals surface area (Å²) < 4.78 is 5.07. The summed E-state index contributed by atoms with van der Waals surface area (Å²) in [7, 11) is 0. The summed E-state index contributed by atoms with van der Waals surface area (Å²) in [5.41, 5.74) is 1.58. The minimum atomic E-state index is -0.0794. The summed E-state index contributed by atoms with van der Waals surface area (Å²) in [6.45, 7) is 1.47. The van der Waals surface area contributed by atoms with Gasteiger partial charge in [0.15, 0.2) is 17.8 Å². The van der Waals surface area contributed by atoms with Gasteiger partial charge in [-0.25, -0.2) is 4.98 Å². The summed E-state index contributed by atoms with van der Waals surface area (Å²) in [5, 5.41) is 0.492. The highest BCUT2D eigenvalue weighted by molar-refractivity contribution is 6.32. The van der Waals surface area contributed by atoms with Gasteiger partial charge >= 0.3 is 0 Å². The van der Waals surface area contributed by atoms with E-state index in [1.807, 2.05) is 0 Å². The van der Waals surface area contributed by atoms with Crippen molar-refractivity contribution in [2.45, 2.75) is 6.92 Å². The molecule has 0 aliphatic rings. The van der Waals surface area contributed by atoms with E-state index in [4.69, 9.17) is 16.0 Å². The number of ketones is 1. The van der Waals surface area contributed by atoms with Crippen LogP contribution in [-0.2, 0) is 0 Å². The number of rotatable bonds is 1. The molecule has 4 heteroatoms. The van der Waals surface area contributed by atoms with Crippen molar-refractivity contribution in [3.63, 3.8) is 0 Å². The molecular weight excluding hydrogens is 190 g/mol. The molecule has 0 atom stereocenters. The fourth-order valence-corrected chi connectivity index (χ4v) is 1.41. The molecule has 0 fully saturated rings. The Labute approximate surface area is 79.3 Å². The van der Waals surface area contributed by atoms with E-state index in [0.717, 1.165) is 0 Å². The molecule has 0 amide bonds. The van der Waals surface area contributed by atoms with Crippen LogP contribution in [0.15, 0.2) is 22.9 Å². The van der Waals surface area contributed by atoms with E-state index in [1.165, 1.54) is 13.3 Å². The molecule has 0 N–H and O–H groups in total. The lowest BCUT2D eigenvalue weighted by molar-refractivity contribution is 0.101. The van der Waals surface area contributed by atoms with E-state index in [2.05, 4.69) is 4.98 Å². The van der Waals surface area contributed by atoms with Crippen LogP contribution in [0.3, 0.4) is 0 Å². The number of hydrogen-bond acceptors (Lipinski definition) is 3. The minimum Gasteiger partial charge on any atom is -0.443 e. The molecule has 0 bridgehead atoms. The Balaban J connectivity index is 2.84. The Hall–Kier alpha value is -1.35. The molecule has 1 aromatic heterocycles. The highest BCUT2D eigenvalue weighted by Gasteiger charge is 2.10. The summed E-state index contributed by atoms with van der Waals surface area (Å²) in [4.78, 5) is 15.1. The topological polar surface area (TPSA) is 43.1 Å². The molecule has 0 radical (unpaired) electrons. The molecule has 1 heterocycles. The van der Waals surface area contributed by atoms with Gasteiger partial charge in [0.1, 0.15) is 5.52 Å². The predicted molar refractivity (Wildman–Crippen MR) is 49.0 cm³/mol. The molecule has 0 aliphatic heterocycles. The second kappa shape index (κ2) is 2.85. The molecule has 0 saturated heterocycles. The third-order valence-corrected chi connectivity index (χ3v) is 1.99. The van der Waals surface area contributed by atoms with Crippen LogP contribution in [0.4, 0.5) is 0 Å². The van der Waals surface area contributed by atoms with Gasteiger partial charge in [0.25, 0.3) is 0 Å². The van der Waals surface area contributed by atoms with Crippen molar-refractivity contribution in [3.05, 3.63) is 29.1 Å². The Morgan fingerprint density at radius 2 is 2.31 bits per heavy atom. The maximum atomic E-state index is 11.2. The van der Waals surface area contributed by atoms with E-state index in [1.54, 1.807) is 12.1 Å². The van der Waals surface area contributed by atoms with Gasteiger partial charge < -0.3 is 4.42 Å². The second-order valence-electron chi connectivity index (χ2n) is 2.71. The number of carbonyl (C=O) groups excluding carboxylic acids is 1. The number of Topliss-reactive ketones (excluding diaryl/α,β-unsaturated/α-hetero) is 1. The molecule has 66 valence electrons. The van der Waals surface area contributed by atoms with E-state index < -0.39 is 0 Å². The normalized spacial score (nSPS) is 10.6. The van der Waals surface area contributed by atoms with Crippen molar-refractivity contribution in [3.8, 4) is 0 Å². The monoisotopic (exact) mass is 195 g/mol. The molecule has 0 aliphatic carbocycles. The van der Waals surface area contributed by atoms with E-state index in [-0.39, 0.29) is 5.78 Å². The van der Waals surface area contributed by atoms with Crippen LogP contribution < -0.4 is 0 Å². The fraction of sp³-hybridized carbons (Fsp3) is 0.111. The number of nitrogens with zero attached hydrogens (tertiary/aromatic N) is 1. The molecule has 0 saturated carbocycles. The lowest BCUT2D eigenvalue weighted by Gasteiger charge is -1.96. The molecule has 13 heavy (non-hydrogen) atoms. The van der Waals surface area contributed by atoms with Gasteiger partial charge in [0, 0.05) is 5.02 Å². The number of fused-ring (bicyclic) bond motifs is 1. The van der Waals surface area contributed by atoms with Crippen LogP contribution in [-0.4, -0.2) is 10.8 Å². The third kappa shape index (κ3) is 1.31. The summed E-state index contributed by atoms with van der Waals surface area (Å²) >= 11 is 5.79. The average molecular weight is 196 g/mol. The van der Waals surface area contributed by atoms with Crippen LogP contribution in [0.2, 0.25) is 5.02 Å². The largest absolute Gasteiger partial charge is 0.443 e. The third-order valence-electron chi connectivity index (χ3n) is 1.78. The Bertz CT molecular complexity index is 475. The predicted octanol–water partition coefficient (Wildman–Crippen LogP) is 2.68. The van der Waals surface area contributed by atoms with Crippen molar-refractivity contribution < 1.29 is 9.21 Å². The van der Waals surface area contributed by atoms with Gasteiger partial charge in [0.2, 0.25) is 0 Å². The smallest absolute Gasteiger partial charge is 0.182 e. The van der Waals surface area contributed by atoms with Crippen LogP contribution in [0.1, 0.15) is 17.3 Å². The van der Waals surface area contributed by atoms with E-state index in [0.29, 0.717) is 21.7 Å². The quantitative estimate of drug-likeness (QED) is 0.657. The van der Waals surface area contributed by atoms with Crippen LogP contribution in [0, 0.1) is 0 Å². The molecule has 3 nitrogen and oxygen atoms in total. The minimum absolute atomic E-state index is 0.0794. The molecule has 2 aromatic rings. The number of oxazole rings is 1. The first-order valence-corrected chi connectivity index (χ1v) is 4.10. The van der Waals surface area contributed by atoms with Gasteiger partial charge in [-0.2, -0.15) is 0 Å². The standard InChI is InChI=1S/C9H6ClNO2/c1-5(12)7-2-6(10)3-8-9(7)13-4-11-8/h2-4H,1H3. The zero-order valence-corrected chi connectivity index (χ0v) is 7.63. The highest BCUT2D eigenvalue weighted by Crippen LogP contribution is 2.23. The Morgan fingerprint density at radius 1 is 1.54 bits per heavy atom. The van der Waals surface area contributed by atoms with Gasteiger partial charge in [-0.3, -0.25) is 4.79 Å². The zero-order chi connectivity index (χ0) is 9.42. The lowest BCUT2D eigenvalue weighted by Crippen LogP contribution is -1.92. The highest BCUT2D eigenvalue weighted by atomic mass is 35.5. The molecular formula is C9H6ClNO2. The first kappa shape index (κ1) is 8.26. The van der Waals surface area contributed by atoms with Gasteiger partial charge in [-0.1, -0.05) is 11.6 Å². The van der Waals surface area contributed by atoms with Crippen LogP contribution >= 0.6 is 11.6 Å². The van der Waals surface area contributed by atoms with Gasteiger partial charge in [-0.15, -0.1) is 0 Å². The van der Waals surface area contributed by atoms with Crippen molar-refractivity contribution in [2.24, 2.45) is 0 Å². The van der Waals surface area contributed by atoms with Gasteiger partial charge in [0.05, 0.1) is 5.56 Å². The molecule has 0 spiro atoms. The van der Waals surface area contributed by atoms with Gasteiger partial charge in [-0.05, 0) is 19.1 Å². The average Bonchev–Trinajstić information content (AvgIpc) is 2.49. The number of aromatic nitrogens is 1. The zero-order valence-electron chi connectivity index (χ0n) is 6.87. The lowest BCUT2D eigenvalue weighted by atomic mass is 10.1. The summed E-state index contributed by atoms with van der Waals surface area (Å²) in [6.07, 6.45) is 1.30. The van der Waals surface area contributed by atoms with E-state index >= 15 is 0 Å². The van der Waals surface area contributed by atoms with Crippen molar-refractivity contribution in [1.82, 2.24) is 4.98 Å². The molecule has 0 unspecified atom stereocenters. The number of hydrogen-bond donors (Lipinski definition) is 0. The number of benzene rings is 1. The summed E-state index contributed by atoms with van der Waals surface area (Å²) in [5.74, 6) is -0.0794. The Morgan fingerprint density at radius 3 is 3.00 bits per heavy atom. The fourth-order valence-electron chi connectivity index (χ4n) is 1.20. The number of carbonyl (C=O) groups is 1.